The molecule has 0 atom stereocenters. The van der Waals surface area contributed by atoms with Crippen LogP contribution in [0.4, 0.5) is 11.6 Å². The molecule has 0 fully saturated rings. The van der Waals surface area contributed by atoms with E-state index in [4.69, 9.17) is 15.2 Å². The molecule has 0 radical (unpaired) electrons. The smallest absolute Gasteiger partial charge is 0.330 e. The molecule has 0 saturated heterocycles. The van der Waals surface area contributed by atoms with E-state index in [2.05, 4.69) is 30.9 Å². The van der Waals surface area contributed by atoms with Crippen molar-refractivity contribution in [2.24, 2.45) is 0 Å². The third-order valence-corrected chi connectivity index (χ3v) is 2.75. The van der Waals surface area contributed by atoms with Crippen LogP contribution in [0.1, 0.15) is 0 Å². The Bertz CT molecular complexity index is 666. The number of methoxy groups -OCH3 is 1. The molecule has 0 unspecified atom stereocenters. The number of ether oxygens (including phenoxy) is 2. The first-order chi connectivity index (χ1) is 9.51. The summed E-state index contributed by atoms with van der Waals surface area (Å²) < 4.78 is 10.5. The highest BCUT2D eigenvalue weighted by atomic mass is 79.9. The van der Waals surface area contributed by atoms with Crippen LogP contribution in [0, 0.1) is 10.1 Å². The molecule has 0 spiro atoms. The highest BCUT2D eigenvalue weighted by Gasteiger charge is 2.20. The molecule has 1 heterocycles. The van der Waals surface area contributed by atoms with Crippen LogP contribution in [-0.2, 0) is 0 Å². The molecule has 104 valence electrons. The van der Waals surface area contributed by atoms with Crippen LogP contribution in [0.5, 0.6) is 17.8 Å². The average molecular weight is 342 g/mol. The molecule has 2 N–H and O–H groups in total. The first-order valence-electron chi connectivity index (χ1n) is 5.17. The lowest BCUT2D eigenvalue weighted by Gasteiger charge is -2.07. The molecule has 2 rings (SSSR count). The minimum atomic E-state index is -0.581. The SMILES string of the molecule is COc1nc(N)nc(Oc2c(Br)cccc2[N+](=O)[O-])n1. The van der Waals surface area contributed by atoms with Crippen LogP contribution in [0.2, 0.25) is 0 Å². The number of nitrogens with two attached hydrogens (primary N) is 1. The largest absolute Gasteiger partial charge is 0.467 e. The Morgan fingerprint density at radius 1 is 1.30 bits per heavy atom. The second-order valence-electron chi connectivity index (χ2n) is 3.41. The molecule has 1 aromatic carbocycles. The monoisotopic (exact) mass is 341 g/mol. The first kappa shape index (κ1) is 13.9. The number of benzene rings is 1. The molecule has 2 aromatic rings. The minimum absolute atomic E-state index is 0.0369. The van der Waals surface area contributed by atoms with Gasteiger partial charge in [-0.15, -0.1) is 4.98 Å². The second-order valence-corrected chi connectivity index (χ2v) is 4.26. The summed E-state index contributed by atoms with van der Waals surface area (Å²) >= 11 is 3.16. The van der Waals surface area contributed by atoms with Crippen molar-refractivity contribution in [3.8, 4) is 17.8 Å². The summed E-state index contributed by atoms with van der Waals surface area (Å²) in [4.78, 5) is 21.6. The number of halogens is 1. The molecular formula is C10H8BrN5O4. The van der Waals surface area contributed by atoms with Crippen molar-refractivity contribution >= 4 is 27.6 Å². The zero-order chi connectivity index (χ0) is 14.7. The molecule has 0 saturated carbocycles. The minimum Gasteiger partial charge on any atom is -0.467 e. The quantitative estimate of drug-likeness (QED) is 0.660. The molecule has 0 bridgehead atoms. The Morgan fingerprint density at radius 3 is 2.65 bits per heavy atom. The zero-order valence-corrected chi connectivity index (χ0v) is 11.7. The van der Waals surface area contributed by atoms with Crippen molar-refractivity contribution in [3.05, 3.63) is 32.8 Å². The van der Waals surface area contributed by atoms with Gasteiger partial charge < -0.3 is 15.2 Å². The van der Waals surface area contributed by atoms with E-state index in [1.165, 1.54) is 19.2 Å². The number of anilines is 1. The van der Waals surface area contributed by atoms with Crippen molar-refractivity contribution in [1.29, 1.82) is 0 Å². The first-order valence-corrected chi connectivity index (χ1v) is 5.97. The van der Waals surface area contributed by atoms with E-state index >= 15 is 0 Å². The predicted octanol–water partition coefficient (Wildman–Crippen LogP) is 1.93. The lowest BCUT2D eigenvalue weighted by Crippen LogP contribution is -2.04. The fraction of sp³-hybridized carbons (Fsp3) is 0.100. The number of nitrogen functional groups attached to an aromatic ring is 1. The summed E-state index contributed by atoms with van der Waals surface area (Å²) in [5, 5.41) is 11.0. The molecule has 0 amide bonds. The second kappa shape index (κ2) is 5.65. The molecule has 9 nitrogen and oxygen atoms in total. The van der Waals surface area contributed by atoms with Crippen LogP contribution >= 0.6 is 15.9 Å². The number of nitro benzene ring substituents is 1. The molecular weight excluding hydrogens is 334 g/mol. The molecule has 20 heavy (non-hydrogen) atoms. The lowest BCUT2D eigenvalue weighted by atomic mass is 10.3. The number of hydrogen-bond acceptors (Lipinski definition) is 8. The molecule has 10 heteroatoms. The van der Waals surface area contributed by atoms with Crippen molar-refractivity contribution < 1.29 is 14.4 Å². The van der Waals surface area contributed by atoms with Gasteiger partial charge in [0.05, 0.1) is 16.5 Å². The summed E-state index contributed by atoms with van der Waals surface area (Å²) in [6, 6.07) is 4.13. The van der Waals surface area contributed by atoms with Crippen LogP contribution < -0.4 is 15.2 Å². The van der Waals surface area contributed by atoms with E-state index in [0.29, 0.717) is 4.47 Å². The predicted molar refractivity (Wildman–Crippen MR) is 71.7 cm³/mol. The highest BCUT2D eigenvalue weighted by Crippen LogP contribution is 2.37. The number of hydrogen-bond donors (Lipinski definition) is 1. The summed E-state index contributed by atoms with van der Waals surface area (Å²) in [5.41, 5.74) is 5.22. The summed E-state index contributed by atoms with van der Waals surface area (Å²) in [6.45, 7) is 0. The van der Waals surface area contributed by atoms with Gasteiger partial charge in [-0.2, -0.15) is 9.97 Å². The van der Waals surface area contributed by atoms with E-state index in [9.17, 15) is 10.1 Å². The van der Waals surface area contributed by atoms with Crippen molar-refractivity contribution in [1.82, 2.24) is 15.0 Å². The van der Waals surface area contributed by atoms with Gasteiger partial charge >= 0.3 is 17.7 Å². The third-order valence-electron chi connectivity index (χ3n) is 2.13. The van der Waals surface area contributed by atoms with Gasteiger partial charge in [-0.3, -0.25) is 10.1 Å². The van der Waals surface area contributed by atoms with Crippen molar-refractivity contribution in [2.75, 3.05) is 12.8 Å². The maximum Gasteiger partial charge on any atom is 0.330 e. The Labute approximate surface area is 121 Å². The molecule has 0 aliphatic carbocycles. The number of aromatic nitrogens is 3. The maximum atomic E-state index is 11.0. The van der Waals surface area contributed by atoms with Gasteiger partial charge in [-0.1, -0.05) is 6.07 Å². The van der Waals surface area contributed by atoms with E-state index in [-0.39, 0.29) is 29.4 Å². The van der Waals surface area contributed by atoms with Crippen molar-refractivity contribution in [2.45, 2.75) is 0 Å². The van der Waals surface area contributed by atoms with Gasteiger partial charge in [0.15, 0.2) is 0 Å². The molecule has 0 aliphatic rings. The van der Waals surface area contributed by atoms with E-state index in [1.54, 1.807) is 6.07 Å². The van der Waals surface area contributed by atoms with E-state index in [1.807, 2.05) is 0 Å². The highest BCUT2D eigenvalue weighted by molar-refractivity contribution is 9.10. The third kappa shape index (κ3) is 2.91. The Hall–Kier alpha value is -2.49. The summed E-state index contributed by atoms with van der Waals surface area (Å²) in [7, 11) is 1.35. The van der Waals surface area contributed by atoms with Crippen LogP contribution in [0.25, 0.3) is 0 Å². The Kier molecular flexibility index (Phi) is 3.94. The summed E-state index contributed by atoms with van der Waals surface area (Å²) in [6.07, 6.45) is 0. The topological polar surface area (TPSA) is 126 Å². The number of para-hydroxylation sites is 1. The summed E-state index contributed by atoms with van der Waals surface area (Å²) in [5.74, 6) is -0.160. The number of nitrogens with zero attached hydrogens (tertiary/aromatic N) is 4. The van der Waals surface area contributed by atoms with Gasteiger partial charge in [-0.05, 0) is 22.0 Å². The van der Waals surface area contributed by atoms with Crippen LogP contribution in [0.15, 0.2) is 22.7 Å². The number of rotatable bonds is 4. The average Bonchev–Trinajstić information content (AvgIpc) is 2.40. The van der Waals surface area contributed by atoms with E-state index < -0.39 is 4.92 Å². The Balaban J connectivity index is 2.44. The van der Waals surface area contributed by atoms with Gasteiger partial charge in [0.25, 0.3) is 0 Å². The molecule has 0 aliphatic heterocycles. The van der Waals surface area contributed by atoms with Gasteiger partial charge in [0.1, 0.15) is 0 Å². The molecule has 1 aromatic heterocycles. The maximum absolute atomic E-state index is 11.0. The fourth-order valence-electron chi connectivity index (χ4n) is 1.32. The van der Waals surface area contributed by atoms with E-state index in [0.717, 1.165) is 0 Å². The fourth-order valence-corrected chi connectivity index (χ4v) is 1.76. The standard InChI is InChI=1S/C10H8BrN5O4/c1-19-9-13-8(12)14-10(15-9)20-7-5(11)3-2-4-6(7)16(17)18/h2-4H,1H3,(H2,12,13,14,15). The van der Waals surface area contributed by atoms with Gasteiger partial charge in [0, 0.05) is 6.07 Å². The normalized spacial score (nSPS) is 10.1. The number of nitro groups is 1. The van der Waals surface area contributed by atoms with Crippen LogP contribution in [0.3, 0.4) is 0 Å². The lowest BCUT2D eigenvalue weighted by molar-refractivity contribution is -0.385. The van der Waals surface area contributed by atoms with Crippen molar-refractivity contribution in [3.63, 3.8) is 0 Å². The Morgan fingerprint density at radius 2 is 2.00 bits per heavy atom. The van der Waals surface area contributed by atoms with Gasteiger partial charge in [0.2, 0.25) is 11.7 Å². The zero-order valence-electron chi connectivity index (χ0n) is 10.1. The van der Waals surface area contributed by atoms with Gasteiger partial charge in [-0.25, -0.2) is 0 Å². The van der Waals surface area contributed by atoms with Crippen LogP contribution in [-0.4, -0.2) is 27.0 Å².